The Balaban J connectivity index is 1.83. The van der Waals surface area contributed by atoms with E-state index >= 15 is 0 Å². The first-order chi connectivity index (χ1) is 10.1. The molecule has 0 fully saturated rings. The second-order valence-electron chi connectivity index (χ2n) is 4.99. The average molecular weight is 308 g/mol. The first kappa shape index (κ1) is 15.5. The largest absolute Gasteiger partial charge is 0.473 e. The predicted molar refractivity (Wildman–Crippen MR) is 85.4 cm³/mol. The number of benzene rings is 1. The van der Waals surface area contributed by atoms with Crippen molar-refractivity contribution in [3.63, 3.8) is 0 Å². The van der Waals surface area contributed by atoms with Crippen LogP contribution in [0.4, 0.5) is 11.4 Å². The van der Waals surface area contributed by atoms with Crippen LogP contribution in [0.15, 0.2) is 24.4 Å². The van der Waals surface area contributed by atoms with E-state index in [1.54, 1.807) is 0 Å². The van der Waals surface area contributed by atoms with E-state index in [0.29, 0.717) is 12.4 Å². The number of aliphatic hydroxyl groups is 1. The fourth-order valence-corrected chi connectivity index (χ4v) is 2.26. The molecule has 114 valence electrons. The van der Waals surface area contributed by atoms with Crippen LogP contribution < -0.4 is 15.0 Å². The summed E-state index contributed by atoms with van der Waals surface area (Å²) in [5.74, 6) is 0.448. The highest BCUT2D eigenvalue weighted by atomic mass is 32.1. The molecule has 1 unspecified atom stereocenters. The monoisotopic (exact) mass is 308 g/mol. The number of nitrogens with one attached hydrogen (secondary N) is 1. The van der Waals surface area contributed by atoms with Crippen molar-refractivity contribution in [2.45, 2.75) is 13.0 Å². The summed E-state index contributed by atoms with van der Waals surface area (Å²) in [6.45, 7) is 2.67. The summed E-state index contributed by atoms with van der Waals surface area (Å²) in [5, 5.41) is 13.1. The second-order valence-corrected chi connectivity index (χ2v) is 5.54. The minimum absolute atomic E-state index is 0.185. The molecule has 0 radical (unpaired) electrons. The van der Waals surface area contributed by atoms with E-state index in [1.165, 1.54) is 11.8 Å². The number of aryl methyl sites for hydroxylation is 1. The standard InChI is InChI=1S/C14H20N4O2S/c1-10-4-5-11(6-13(10)18(2)3)15-7-12(19)9-20-14-8-16-21-17-14/h4-6,8,12,15,19H,7,9H2,1-3H3. The summed E-state index contributed by atoms with van der Waals surface area (Å²) in [6, 6.07) is 6.12. The number of aromatic nitrogens is 2. The van der Waals surface area contributed by atoms with Gasteiger partial charge in [0.15, 0.2) is 0 Å². The maximum Gasteiger partial charge on any atom is 0.245 e. The Labute approximate surface area is 128 Å². The van der Waals surface area contributed by atoms with E-state index < -0.39 is 6.10 Å². The number of ether oxygens (including phenoxy) is 1. The fraction of sp³-hybridized carbons (Fsp3) is 0.429. The summed E-state index contributed by atoms with van der Waals surface area (Å²) in [7, 11) is 4.02. The van der Waals surface area contributed by atoms with Crippen molar-refractivity contribution in [3.05, 3.63) is 30.0 Å². The lowest BCUT2D eigenvalue weighted by atomic mass is 10.1. The number of aliphatic hydroxyl groups excluding tert-OH is 1. The van der Waals surface area contributed by atoms with Crippen molar-refractivity contribution in [3.8, 4) is 5.88 Å². The Morgan fingerprint density at radius 3 is 2.90 bits per heavy atom. The molecule has 2 aromatic rings. The minimum Gasteiger partial charge on any atom is -0.473 e. The van der Waals surface area contributed by atoms with Gasteiger partial charge in [-0.15, -0.1) is 4.37 Å². The number of rotatable bonds is 7. The van der Waals surface area contributed by atoms with Crippen LogP contribution in [0.5, 0.6) is 5.88 Å². The van der Waals surface area contributed by atoms with E-state index in [2.05, 4.69) is 38.0 Å². The molecule has 1 heterocycles. The average Bonchev–Trinajstić information content (AvgIpc) is 2.97. The van der Waals surface area contributed by atoms with Gasteiger partial charge < -0.3 is 20.1 Å². The SMILES string of the molecule is Cc1ccc(NCC(O)COc2cnsn2)cc1N(C)C. The molecule has 1 atom stereocenters. The Bertz CT molecular complexity index is 560. The Morgan fingerprint density at radius 1 is 1.43 bits per heavy atom. The third kappa shape index (κ3) is 4.57. The number of hydrogen-bond acceptors (Lipinski definition) is 7. The Hall–Kier alpha value is -1.86. The molecule has 0 aliphatic rings. The van der Waals surface area contributed by atoms with Crippen molar-refractivity contribution in [2.75, 3.05) is 37.5 Å². The summed E-state index contributed by atoms with van der Waals surface area (Å²) in [6.07, 6.45) is 0.921. The molecule has 0 saturated carbocycles. The van der Waals surface area contributed by atoms with Crippen LogP contribution in [0.25, 0.3) is 0 Å². The molecule has 2 rings (SSSR count). The maximum atomic E-state index is 9.90. The number of nitrogens with zero attached hydrogens (tertiary/aromatic N) is 3. The van der Waals surface area contributed by atoms with Gasteiger partial charge in [0.05, 0.1) is 11.7 Å². The highest BCUT2D eigenvalue weighted by molar-refractivity contribution is 6.99. The van der Waals surface area contributed by atoms with Gasteiger partial charge in [0.25, 0.3) is 0 Å². The molecule has 21 heavy (non-hydrogen) atoms. The first-order valence-electron chi connectivity index (χ1n) is 6.66. The van der Waals surface area contributed by atoms with Gasteiger partial charge in [0, 0.05) is 32.0 Å². The molecule has 0 saturated heterocycles. The van der Waals surface area contributed by atoms with Crippen molar-refractivity contribution < 1.29 is 9.84 Å². The van der Waals surface area contributed by atoms with Crippen LogP contribution in [0.3, 0.4) is 0 Å². The fourth-order valence-electron chi connectivity index (χ4n) is 1.90. The zero-order valence-corrected chi connectivity index (χ0v) is 13.2. The number of anilines is 2. The van der Waals surface area contributed by atoms with Crippen LogP contribution >= 0.6 is 11.7 Å². The summed E-state index contributed by atoms with van der Waals surface area (Å²) < 4.78 is 13.1. The number of hydrogen-bond donors (Lipinski definition) is 2. The highest BCUT2D eigenvalue weighted by Crippen LogP contribution is 2.22. The van der Waals surface area contributed by atoms with Crippen molar-refractivity contribution >= 4 is 23.1 Å². The van der Waals surface area contributed by atoms with Crippen molar-refractivity contribution in [1.82, 2.24) is 8.75 Å². The molecule has 6 nitrogen and oxygen atoms in total. The summed E-state index contributed by atoms with van der Waals surface area (Å²) in [5.41, 5.74) is 3.34. The van der Waals surface area contributed by atoms with E-state index in [4.69, 9.17) is 4.74 Å². The first-order valence-corrected chi connectivity index (χ1v) is 7.39. The van der Waals surface area contributed by atoms with Gasteiger partial charge in [0.2, 0.25) is 5.88 Å². The normalized spacial score (nSPS) is 12.0. The summed E-state index contributed by atoms with van der Waals surface area (Å²) in [4.78, 5) is 2.06. The van der Waals surface area contributed by atoms with Gasteiger partial charge in [-0.3, -0.25) is 0 Å². The zero-order valence-electron chi connectivity index (χ0n) is 12.4. The van der Waals surface area contributed by atoms with Crippen LogP contribution in [0.1, 0.15) is 5.56 Å². The van der Waals surface area contributed by atoms with Gasteiger partial charge in [-0.25, -0.2) is 0 Å². The van der Waals surface area contributed by atoms with Crippen LogP contribution in [0.2, 0.25) is 0 Å². The molecular weight excluding hydrogens is 288 g/mol. The van der Waals surface area contributed by atoms with Gasteiger partial charge in [-0.05, 0) is 24.6 Å². The third-order valence-electron chi connectivity index (χ3n) is 3.00. The topological polar surface area (TPSA) is 70.5 Å². The molecule has 0 aliphatic heterocycles. The molecule has 1 aromatic heterocycles. The quantitative estimate of drug-likeness (QED) is 0.812. The van der Waals surface area contributed by atoms with Gasteiger partial charge in [0.1, 0.15) is 18.9 Å². The van der Waals surface area contributed by atoms with Gasteiger partial charge in [-0.2, -0.15) is 4.37 Å². The van der Waals surface area contributed by atoms with Gasteiger partial charge >= 0.3 is 0 Å². The summed E-state index contributed by atoms with van der Waals surface area (Å²) >= 11 is 1.08. The molecule has 0 aliphatic carbocycles. The van der Waals surface area contributed by atoms with Crippen LogP contribution in [0, 0.1) is 6.92 Å². The van der Waals surface area contributed by atoms with Crippen molar-refractivity contribution in [1.29, 1.82) is 0 Å². The lowest BCUT2D eigenvalue weighted by Gasteiger charge is -2.18. The molecule has 0 amide bonds. The molecule has 0 bridgehead atoms. The molecule has 1 aromatic carbocycles. The molecular formula is C14H20N4O2S. The lowest BCUT2D eigenvalue weighted by Crippen LogP contribution is -2.26. The minimum atomic E-state index is -0.615. The van der Waals surface area contributed by atoms with Crippen LogP contribution in [-0.4, -0.2) is 47.2 Å². The van der Waals surface area contributed by atoms with Gasteiger partial charge in [-0.1, -0.05) is 6.07 Å². The Morgan fingerprint density at radius 2 is 2.24 bits per heavy atom. The van der Waals surface area contributed by atoms with E-state index in [-0.39, 0.29) is 6.61 Å². The van der Waals surface area contributed by atoms with E-state index in [1.807, 2.05) is 20.2 Å². The molecule has 7 heteroatoms. The second kappa shape index (κ2) is 7.24. The predicted octanol–water partition coefficient (Wildman–Crippen LogP) is 1.76. The smallest absolute Gasteiger partial charge is 0.245 e. The highest BCUT2D eigenvalue weighted by Gasteiger charge is 2.08. The van der Waals surface area contributed by atoms with E-state index in [0.717, 1.165) is 23.1 Å². The maximum absolute atomic E-state index is 9.90. The molecule has 2 N–H and O–H groups in total. The Kier molecular flexibility index (Phi) is 5.35. The third-order valence-corrected chi connectivity index (χ3v) is 3.46. The van der Waals surface area contributed by atoms with Crippen LogP contribution in [-0.2, 0) is 0 Å². The van der Waals surface area contributed by atoms with Crippen molar-refractivity contribution in [2.24, 2.45) is 0 Å². The lowest BCUT2D eigenvalue weighted by molar-refractivity contribution is 0.115. The van der Waals surface area contributed by atoms with E-state index in [9.17, 15) is 5.11 Å². The zero-order chi connectivity index (χ0) is 15.2. The molecule has 0 spiro atoms.